The number of amides is 2. The molecule has 5 heteroatoms. The zero-order valence-electron chi connectivity index (χ0n) is 13.9. The van der Waals surface area contributed by atoms with E-state index in [1.54, 1.807) is 18.2 Å². The van der Waals surface area contributed by atoms with Crippen molar-refractivity contribution in [1.29, 1.82) is 0 Å². The first kappa shape index (κ1) is 17.7. The van der Waals surface area contributed by atoms with Gasteiger partial charge in [-0.2, -0.15) is 0 Å². The lowest BCUT2D eigenvalue weighted by molar-refractivity contribution is 0.101. The monoisotopic (exact) mass is 322 g/mol. The highest BCUT2D eigenvalue weighted by atomic mass is 19.1. The third-order valence-corrected chi connectivity index (χ3v) is 4.60. The average molecular weight is 322 g/mol. The van der Waals surface area contributed by atoms with Crippen molar-refractivity contribution in [2.75, 3.05) is 13.1 Å². The number of nitrogens with one attached hydrogen (secondary N) is 2. The van der Waals surface area contributed by atoms with Gasteiger partial charge in [0.05, 0.1) is 6.10 Å². The Hall–Kier alpha value is -1.62. The molecule has 1 aliphatic carbocycles. The summed E-state index contributed by atoms with van der Waals surface area (Å²) >= 11 is 0. The summed E-state index contributed by atoms with van der Waals surface area (Å²) in [5.41, 5.74) is 0.111. The van der Waals surface area contributed by atoms with Crippen LogP contribution in [-0.2, 0) is 5.41 Å². The van der Waals surface area contributed by atoms with Gasteiger partial charge in [0.25, 0.3) is 0 Å². The SMILES string of the molecule is CC(C)(CNC(=O)NCC1CCCC(O)C1)c1ccccc1F. The molecule has 0 heterocycles. The molecule has 0 saturated heterocycles. The van der Waals surface area contributed by atoms with E-state index in [2.05, 4.69) is 10.6 Å². The summed E-state index contributed by atoms with van der Waals surface area (Å²) < 4.78 is 13.9. The molecule has 2 atom stereocenters. The lowest BCUT2D eigenvalue weighted by Crippen LogP contribution is -2.44. The van der Waals surface area contributed by atoms with Crippen molar-refractivity contribution in [2.24, 2.45) is 5.92 Å². The van der Waals surface area contributed by atoms with Gasteiger partial charge in [-0.3, -0.25) is 0 Å². The maximum absolute atomic E-state index is 13.9. The van der Waals surface area contributed by atoms with Crippen LogP contribution in [0.15, 0.2) is 24.3 Å². The van der Waals surface area contributed by atoms with Gasteiger partial charge in [0.1, 0.15) is 5.82 Å². The Balaban J connectivity index is 1.78. The number of hydrogen-bond acceptors (Lipinski definition) is 2. The third kappa shape index (κ3) is 5.20. The minimum Gasteiger partial charge on any atom is -0.393 e. The summed E-state index contributed by atoms with van der Waals surface area (Å²) in [6.45, 7) is 4.74. The minimum absolute atomic E-state index is 0.237. The van der Waals surface area contributed by atoms with Crippen LogP contribution in [0.3, 0.4) is 0 Å². The Morgan fingerprint density at radius 3 is 2.74 bits per heavy atom. The van der Waals surface area contributed by atoms with Crippen molar-refractivity contribution in [3.05, 3.63) is 35.6 Å². The molecule has 0 bridgehead atoms. The molecule has 1 fully saturated rings. The van der Waals surface area contributed by atoms with Gasteiger partial charge in [-0.05, 0) is 36.8 Å². The zero-order valence-corrected chi connectivity index (χ0v) is 13.9. The van der Waals surface area contributed by atoms with Crippen molar-refractivity contribution >= 4 is 6.03 Å². The lowest BCUT2D eigenvalue weighted by atomic mass is 9.84. The topological polar surface area (TPSA) is 61.4 Å². The van der Waals surface area contributed by atoms with Crippen molar-refractivity contribution in [1.82, 2.24) is 10.6 Å². The summed E-state index contributed by atoms with van der Waals surface area (Å²) in [6, 6.07) is 6.40. The molecule has 2 unspecified atom stereocenters. The Bertz CT molecular complexity index is 534. The number of urea groups is 1. The van der Waals surface area contributed by atoms with E-state index in [1.807, 2.05) is 13.8 Å². The predicted octanol–water partition coefficient (Wildman–Crippen LogP) is 2.95. The first-order chi connectivity index (χ1) is 10.9. The summed E-state index contributed by atoms with van der Waals surface area (Å²) in [5.74, 6) is 0.0833. The fourth-order valence-electron chi connectivity index (χ4n) is 3.15. The van der Waals surface area contributed by atoms with Crippen LogP contribution in [0.4, 0.5) is 9.18 Å². The quantitative estimate of drug-likeness (QED) is 0.780. The van der Waals surface area contributed by atoms with E-state index in [4.69, 9.17) is 0 Å². The summed E-state index contributed by atoms with van der Waals surface area (Å²) in [7, 11) is 0. The van der Waals surface area contributed by atoms with Gasteiger partial charge in [-0.15, -0.1) is 0 Å². The third-order valence-electron chi connectivity index (χ3n) is 4.60. The zero-order chi connectivity index (χ0) is 16.9. The molecular weight excluding hydrogens is 295 g/mol. The van der Waals surface area contributed by atoms with Crippen LogP contribution in [0.1, 0.15) is 45.1 Å². The van der Waals surface area contributed by atoms with Crippen LogP contribution < -0.4 is 10.6 Å². The molecule has 1 aromatic rings. The average Bonchev–Trinajstić information content (AvgIpc) is 2.51. The second-order valence-corrected chi connectivity index (χ2v) is 7.11. The summed E-state index contributed by atoms with van der Waals surface area (Å²) in [6.07, 6.45) is 3.42. The van der Waals surface area contributed by atoms with E-state index in [9.17, 15) is 14.3 Å². The van der Waals surface area contributed by atoms with Crippen LogP contribution >= 0.6 is 0 Å². The highest BCUT2D eigenvalue weighted by Gasteiger charge is 2.25. The van der Waals surface area contributed by atoms with Crippen molar-refractivity contribution < 1.29 is 14.3 Å². The molecule has 1 aromatic carbocycles. The number of aliphatic hydroxyl groups excluding tert-OH is 1. The van der Waals surface area contributed by atoms with Crippen molar-refractivity contribution in [3.8, 4) is 0 Å². The molecule has 2 amide bonds. The molecule has 4 nitrogen and oxygen atoms in total. The number of carbonyl (C=O) groups excluding carboxylic acids is 1. The maximum atomic E-state index is 13.9. The Kier molecular flexibility index (Phi) is 5.99. The molecular formula is C18H27FN2O2. The van der Waals surface area contributed by atoms with E-state index in [1.165, 1.54) is 6.07 Å². The van der Waals surface area contributed by atoms with E-state index in [0.717, 1.165) is 25.7 Å². The van der Waals surface area contributed by atoms with Crippen LogP contribution in [0.2, 0.25) is 0 Å². The van der Waals surface area contributed by atoms with Crippen LogP contribution in [0.5, 0.6) is 0 Å². The maximum Gasteiger partial charge on any atom is 0.314 e. The highest BCUT2D eigenvalue weighted by molar-refractivity contribution is 5.73. The molecule has 1 aliphatic rings. The Morgan fingerprint density at radius 1 is 1.30 bits per heavy atom. The lowest BCUT2D eigenvalue weighted by Gasteiger charge is -2.28. The number of rotatable bonds is 5. The van der Waals surface area contributed by atoms with Crippen molar-refractivity contribution in [3.63, 3.8) is 0 Å². The summed E-state index contributed by atoms with van der Waals surface area (Å²) in [4.78, 5) is 12.0. The molecule has 3 N–H and O–H groups in total. The molecule has 0 radical (unpaired) electrons. The smallest absolute Gasteiger partial charge is 0.314 e. The van der Waals surface area contributed by atoms with E-state index in [-0.39, 0.29) is 18.0 Å². The van der Waals surface area contributed by atoms with Gasteiger partial charge < -0.3 is 15.7 Å². The molecule has 1 saturated carbocycles. The molecule has 0 aromatic heterocycles. The van der Waals surface area contributed by atoms with E-state index in [0.29, 0.717) is 24.6 Å². The number of carbonyl (C=O) groups is 1. The minimum atomic E-state index is -0.482. The van der Waals surface area contributed by atoms with Crippen LogP contribution in [0, 0.1) is 11.7 Å². The molecule has 23 heavy (non-hydrogen) atoms. The van der Waals surface area contributed by atoms with Crippen LogP contribution in [0.25, 0.3) is 0 Å². The second-order valence-electron chi connectivity index (χ2n) is 7.11. The van der Waals surface area contributed by atoms with Gasteiger partial charge in [0, 0.05) is 18.5 Å². The molecule has 0 spiro atoms. The van der Waals surface area contributed by atoms with E-state index < -0.39 is 5.41 Å². The van der Waals surface area contributed by atoms with Gasteiger partial charge in [-0.25, -0.2) is 9.18 Å². The number of hydrogen-bond donors (Lipinski definition) is 3. The number of aliphatic hydroxyl groups is 1. The number of benzene rings is 1. The fraction of sp³-hybridized carbons (Fsp3) is 0.611. The number of halogens is 1. The molecule has 0 aliphatic heterocycles. The highest BCUT2D eigenvalue weighted by Crippen LogP contribution is 2.25. The van der Waals surface area contributed by atoms with E-state index >= 15 is 0 Å². The first-order valence-corrected chi connectivity index (χ1v) is 8.33. The Morgan fingerprint density at radius 2 is 2.04 bits per heavy atom. The summed E-state index contributed by atoms with van der Waals surface area (Å²) in [5, 5.41) is 15.3. The second kappa shape index (κ2) is 7.77. The van der Waals surface area contributed by atoms with Crippen LogP contribution in [-0.4, -0.2) is 30.3 Å². The molecule has 2 rings (SSSR count). The molecule has 128 valence electrons. The fourth-order valence-corrected chi connectivity index (χ4v) is 3.15. The first-order valence-electron chi connectivity index (χ1n) is 8.33. The Labute approximate surface area is 137 Å². The normalized spacial score (nSPS) is 21.7. The van der Waals surface area contributed by atoms with Gasteiger partial charge in [0.15, 0.2) is 0 Å². The van der Waals surface area contributed by atoms with Gasteiger partial charge in [0.2, 0.25) is 0 Å². The predicted molar refractivity (Wildman–Crippen MR) is 88.8 cm³/mol. The largest absolute Gasteiger partial charge is 0.393 e. The van der Waals surface area contributed by atoms with Crippen molar-refractivity contribution in [2.45, 2.75) is 51.0 Å². The van der Waals surface area contributed by atoms with Gasteiger partial charge >= 0.3 is 6.03 Å². The van der Waals surface area contributed by atoms with Gasteiger partial charge in [-0.1, -0.05) is 38.5 Å². The standard InChI is InChI=1S/C18H27FN2O2/c1-18(2,15-8-3-4-9-16(15)19)12-21-17(23)20-11-13-6-5-7-14(22)10-13/h3-4,8-9,13-14,22H,5-7,10-12H2,1-2H3,(H2,20,21,23).